The van der Waals surface area contributed by atoms with E-state index < -0.39 is 5.97 Å². The zero-order chi connectivity index (χ0) is 13.5. The number of hydrogen-bond donors (Lipinski definition) is 2. The van der Waals surface area contributed by atoms with Crippen LogP contribution in [0.5, 0.6) is 0 Å². The van der Waals surface area contributed by atoms with Gasteiger partial charge in [0.05, 0.1) is 12.2 Å². The molecule has 2 N–H and O–H groups in total. The predicted octanol–water partition coefficient (Wildman–Crippen LogP) is 2.66. The molecule has 1 rings (SSSR count). The van der Waals surface area contributed by atoms with Gasteiger partial charge in [0, 0.05) is 23.7 Å². The van der Waals surface area contributed by atoms with Gasteiger partial charge in [-0.1, -0.05) is 22.0 Å². The largest absolute Gasteiger partial charge is 0.478 e. The summed E-state index contributed by atoms with van der Waals surface area (Å²) in [6.07, 6.45) is 0. The number of carbonyl (C=O) groups is 1. The summed E-state index contributed by atoms with van der Waals surface area (Å²) in [7, 11) is 0. The first-order valence-electron chi connectivity index (χ1n) is 5.87. The molecular weight excluding hydrogens is 298 g/mol. The molecular formula is C13H18BrNO3. The van der Waals surface area contributed by atoms with Gasteiger partial charge in [0.2, 0.25) is 0 Å². The quantitative estimate of drug-likeness (QED) is 0.812. The summed E-state index contributed by atoms with van der Waals surface area (Å²) in [5, 5.41) is 12.2. The first-order chi connectivity index (χ1) is 8.54. The van der Waals surface area contributed by atoms with Crippen molar-refractivity contribution in [3.8, 4) is 0 Å². The Balaban J connectivity index is 2.55. The molecule has 0 radical (unpaired) electrons. The Morgan fingerprint density at radius 1 is 1.56 bits per heavy atom. The Morgan fingerprint density at radius 3 is 2.83 bits per heavy atom. The minimum absolute atomic E-state index is 0.260. The van der Waals surface area contributed by atoms with Crippen LogP contribution in [0.25, 0.3) is 0 Å². The van der Waals surface area contributed by atoms with Crippen LogP contribution in [0, 0.1) is 0 Å². The summed E-state index contributed by atoms with van der Waals surface area (Å²) in [6, 6.07) is 5.30. The lowest BCUT2D eigenvalue weighted by molar-refractivity contribution is 0.0697. The molecule has 0 aliphatic rings. The number of halogens is 1. The molecule has 1 aromatic carbocycles. The van der Waals surface area contributed by atoms with Gasteiger partial charge < -0.3 is 15.2 Å². The molecule has 0 saturated heterocycles. The van der Waals surface area contributed by atoms with Crippen molar-refractivity contribution in [1.29, 1.82) is 0 Å². The van der Waals surface area contributed by atoms with E-state index in [9.17, 15) is 4.79 Å². The van der Waals surface area contributed by atoms with Crippen molar-refractivity contribution in [2.24, 2.45) is 0 Å². The van der Waals surface area contributed by atoms with E-state index in [0.717, 1.165) is 10.0 Å². The molecule has 0 bridgehead atoms. The van der Waals surface area contributed by atoms with Crippen molar-refractivity contribution < 1.29 is 14.6 Å². The molecule has 0 spiro atoms. The van der Waals surface area contributed by atoms with Crippen molar-refractivity contribution in [2.45, 2.75) is 26.4 Å². The molecule has 1 unspecified atom stereocenters. The lowest BCUT2D eigenvalue weighted by Gasteiger charge is -2.14. The van der Waals surface area contributed by atoms with Crippen molar-refractivity contribution in [2.75, 3.05) is 13.2 Å². The number of benzene rings is 1. The fourth-order valence-corrected chi connectivity index (χ4v) is 1.98. The van der Waals surface area contributed by atoms with Gasteiger partial charge in [-0.2, -0.15) is 0 Å². The van der Waals surface area contributed by atoms with Crippen molar-refractivity contribution in [3.63, 3.8) is 0 Å². The maximum absolute atomic E-state index is 10.8. The van der Waals surface area contributed by atoms with Crippen LogP contribution in [0.4, 0.5) is 0 Å². The standard InChI is InChI=1S/C13H18BrNO3/c1-3-18-8-9(2)15-7-11-5-4-10(13(16)17)6-12(11)14/h4-6,9,15H,3,7-8H2,1-2H3,(H,16,17). The Hall–Kier alpha value is -0.910. The SMILES string of the molecule is CCOCC(C)NCc1ccc(C(=O)O)cc1Br. The van der Waals surface area contributed by atoms with Gasteiger partial charge in [-0.05, 0) is 31.5 Å². The first-order valence-corrected chi connectivity index (χ1v) is 6.66. The normalized spacial score (nSPS) is 12.4. The zero-order valence-electron chi connectivity index (χ0n) is 10.6. The number of rotatable bonds is 7. The van der Waals surface area contributed by atoms with E-state index >= 15 is 0 Å². The number of hydrogen-bond acceptors (Lipinski definition) is 3. The second kappa shape index (κ2) is 7.51. The van der Waals surface area contributed by atoms with Crippen molar-refractivity contribution >= 4 is 21.9 Å². The molecule has 1 atom stereocenters. The van der Waals surface area contributed by atoms with Crippen LogP contribution in [-0.2, 0) is 11.3 Å². The fraction of sp³-hybridized carbons (Fsp3) is 0.462. The maximum Gasteiger partial charge on any atom is 0.335 e. The molecule has 0 saturated carbocycles. The highest BCUT2D eigenvalue weighted by Crippen LogP contribution is 2.18. The van der Waals surface area contributed by atoms with Gasteiger partial charge in [0.15, 0.2) is 0 Å². The minimum atomic E-state index is -0.917. The number of carboxylic acids is 1. The molecule has 1 aromatic rings. The second-order valence-electron chi connectivity index (χ2n) is 4.05. The summed E-state index contributed by atoms with van der Waals surface area (Å²) in [5.41, 5.74) is 1.32. The second-order valence-corrected chi connectivity index (χ2v) is 4.91. The molecule has 0 aromatic heterocycles. The maximum atomic E-state index is 10.8. The van der Waals surface area contributed by atoms with Crippen LogP contribution in [-0.4, -0.2) is 30.3 Å². The van der Waals surface area contributed by atoms with Crippen molar-refractivity contribution in [3.05, 3.63) is 33.8 Å². The zero-order valence-corrected chi connectivity index (χ0v) is 12.2. The number of carboxylic acid groups (broad SMARTS) is 1. The van der Waals surface area contributed by atoms with Crippen LogP contribution in [0.1, 0.15) is 29.8 Å². The van der Waals surface area contributed by atoms with Crippen LogP contribution in [0.2, 0.25) is 0 Å². The Morgan fingerprint density at radius 2 is 2.28 bits per heavy atom. The highest BCUT2D eigenvalue weighted by molar-refractivity contribution is 9.10. The molecule has 0 fully saturated rings. The van der Waals surface area contributed by atoms with Crippen LogP contribution >= 0.6 is 15.9 Å². The smallest absolute Gasteiger partial charge is 0.335 e. The van der Waals surface area contributed by atoms with Crippen LogP contribution < -0.4 is 5.32 Å². The summed E-state index contributed by atoms with van der Waals surface area (Å²) in [5.74, 6) is -0.917. The van der Waals surface area contributed by atoms with Gasteiger partial charge in [-0.15, -0.1) is 0 Å². The van der Waals surface area contributed by atoms with Gasteiger partial charge in [-0.25, -0.2) is 4.79 Å². The topological polar surface area (TPSA) is 58.6 Å². The third kappa shape index (κ3) is 4.76. The molecule has 4 nitrogen and oxygen atoms in total. The fourth-order valence-electron chi connectivity index (χ4n) is 1.46. The van der Waals surface area contributed by atoms with E-state index in [1.807, 2.05) is 13.0 Å². The Labute approximate surface area is 115 Å². The molecule has 5 heteroatoms. The van der Waals surface area contributed by atoms with Gasteiger partial charge in [0.25, 0.3) is 0 Å². The lowest BCUT2D eigenvalue weighted by atomic mass is 10.1. The summed E-state index contributed by atoms with van der Waals surface area (Å²) in [4.78, 5) is 10.8. The van der Waals surface area contributed by atoms with E-state index in [0.29, 0.717) is 19.8 Å². The summed E-state index contributed by atoms with van der Waals surface area (Å²) >= 11 is 3.38. The van der Waals surface area contributed by atoms with Gasteiger partial charge in [-0.3, -0.25) is 0 Å². The van der Waals surface area contributed by atoms with Gasteiger partial charge >= 0.3 is 5.97 Å². The highest BCUT2D eigenvalue weighted by Gasteiger charge is 2.08. The van der Waals surface area contributed by atoms with E-state index in [1.54, 1.807) is 12.1 Å². The van der Waals surface area contributed by atoms with E-state index in [1.165, 1.54) is 0 Å². The third-order valence-electron chi connectivity index (χ3n) is 2.51. The molecule has 0 aliphatic heterocycles. The Kier molecular flexibility index (Phi) is 6.32. The van der Waals surface area contributed by atoms with Crippen molar-refractivity contribution in [1.82, 2.24) is 5.32 Å². The van der Waals surface area contributed by atoms with E-state index in [-0.39, 0.29) is 11.6 Å². The number of nitrogens with one attached hydrogen (secondary N) is 1. The number of aromatic carboxylic acids is 1. The van der Waals surface area contributed by atoms with Crippen LogP contribution in [0.3, 0.4) is 0 Å². The van der Waals surface area contributed by atoms with E-state index in [4.69, 9.17) is 9.84 Å². The molecule has 0 aliphatic carbocycles. The molecule has 100 valence electrons. The summed E-state index contributed by atoms with van der Waals surface area (Å²) in [6.45, 7) is 6.07. The third-order valence-corrected chi connectivity index (χ3v) is 3.25. The van der Waals surface area contributed by atoms with Crippen LogP contribution in [0.15, 0.2) is 22.7 Å². The first kappa shape index (κ1) is 15.1. The average molecular weight is 316 g/mol. The monoisotopic (exact) mass is 315 g/mol. The van der Waals surface area contributed by atoms with Gasteiger partial charge in [0.1, 0.15) is 0 Å². The number of ether oxygens (including phenoxy) is 1. The molecule has 0 heterocycles. The highest BCUT2D eigenvalue weighted by atomic mass is 79.9. The lowest BCUT2D eigenvalue weighted by Crippen LogP contribution is -2.30. The molecule has 0 amide bonds. The Bertz CT molecular complexity index is 409. The van der Waals surface area contributed by atoms with E-state index in [2.05, 4.69) is 28.2 Å². The summed E-state index contributed by atoms with van der Waals surface area (Å²) < 4.78 is 6.12. The molecule has 18 heavy (non-hydrogen) atoms. The average Bonchev–Trinajstić information content (AvgIpc) is 2.34. The predicted molar refractivity (Wildman–Crippen MR) is 73.9 cm³/mol. The minimum Gasteiger partial charge on any atom is -0.478 e.